The Labute approximate surface area is 178 Å². The molecule has 2 N–H and O–H groups in total. The molecule has 0 aliphatic rings. The van der Waals surface area contributed by atoms with Crippen molar-refractivity contribution in [2.24, 2.45) is 0 Å². The summed E-state index contributed by atoms with van der Waals surface area (Å²) in [6.45, 7) is 3.00. The number of halogens is 4. The van der Waals surface area contributed by atoms with Crippen molar-refractivity contribution in [2.75, 3.05) is 0 Å². The molecule has 0 spiro atoms. The van der Waals surface area contributed by atoms with Gasteiger partial charge < -0.3 is 15.2 Å². The molecule has 0 saturated carbocycles. The summed E-state index contributed by atoms with van der Waals surface area (Å²) in [4.78, 5) is 27.3. The number of nitrogens with one attached hydrogen (secondary N) is 1. The first kappa shape index (κ1) is 22.1. The average molecular weight is 451 g/mol. The maximum Gasteiger partial charge on any atom is 0.417 e. The molecule has 0 fully saturated rings. The summed E-state index contributed by atoms with van der Waals surface area (Å²) in [5.41, 5.74) is -1.34. The molecule has 0 bridgehead atoms. The van der Waals surface area contributed by atoms with Gasteiger partial charge in [-0.2, -0.15) is 13.2 Å². The molecule has 3 rings (SSSR count). The van der Waals surface area contributed by atoms with Gasteiger partial charge in [0.05, 0.1) is 16.8 Å². The summed E-state index contributed by atoms with van der Waals surface area (Å²) in [6, 6.07) is 10.1. The number of benzene rings is 2. The van der Waals surface area contributed by atoms with E-state index in [1.807, 2.05) is 0 Å². The van der Waals surface area contributed by atoms with Crippen molar-refractivity contribution in [3.63, 3.8) is 0 Å². The van der Waals surface area contributed by atoms with Gasteiger partial charge in [0, 0.05) is 22.0 Å². The highest BCUT2D eigenvalue weighted by molar-refractivity contribution is 6.36. The van der Waals surface area contributed by atoms with E-state index in [2.05, 4.69) is 16.9 Å². The molecule has 3 aromatic rings. The first-order chi connectivity index (χ1) is 14.6. The summed E-state index contributed by atoms with van der Waals surface area (Å²) >= 11 is 6.26. The van der Waals surface area contributed by atoms with Crippen LogP contribution in [0.1, 0.15) is 21.6 Å². The fourth-order valence-electron chi connectivity index (χ4n) is 2.71. The molecule has 1 aromatic heterocycles. The number of amides is 1. The van der Waals surface area contributed by atoms with Crippen molar-refractivity contribution in [3.8, 4) is 5.75 Å². The Morgan fingerprint density at radius 2 is 1.84 bits per heavy atom. The van der Waals surface area contributed by atoms with E-state index in [1.165, 1.54) is 6.07 Å². The first-order valence-electron chi connectivity index (χ1n) is 8.67. The second-order valence-electron chi connectivity index (χ2n) is 6.34. The van der Waals surface area contributed by atoms with Crippen LogP contribution in [0, 0.1) is 0 Å². The predicted octanol–water partition coefficient (Wildman–Crippen LogP) is 4.81. The van der Waals surface area contributed by atoms with Crippen LogP contribution >= 0.6 is 11.6 Å². The fraction of sp³-hybridized carbons (Fsp3) is 0.0952. The number of ether oxygens (including phenoxy) is 1. The number of alkyl halides is 3. The highest BCUT2D eigenvalue weighted by Gasteiger charge is 2.30. The maximum atomic E-state index is 12.7. The van der Waals surface area contributed by atoms with E-state index in [-0.39, 0.29) is 28.6 Å². The molecular weight excluding hydrogens is 437 g/mol. The lowest BCUT2D eigenvalue weighted by atomic mass is 10.0. The summed E-state index contributed by atoms with van der Waals surface area (Å²) in [6.07, 6.45) is -3.83. The number of aromatic nitrogens is 1. The second kappa shape index (κ2) is 8.65. The Balaban J connectivity index is 1.97. The molecule has 31 heavy (non-hydrogen) atoms. The van der Waals surface area contributed by atoms with Gasteiger partial charge in [-0.05, 0) is 18.2 Å². The fourth-order valence-corrected chi connectivity index (χ4v) is 2.98. The molecule has 0 saturated heterocycles. The highest BCUT2D eigenvalue weighted by Crippen LogP contribution is 2.36. The molecule has 0 aliphatic heterocycles. The summed E-state index contributed by atoms with van der Waals surface area (Å²) < 4.78 is 43.9. The summed E-state index contributed by atoms with van der Waals surface area (Å²) in [7, 11) is 0. The van der Waals surface area contributed by atoms with Crippen molar-refractivity contribution in [1.29, 1.82) is 0 Å². The predicted molar refractivity (Wildman–Crippen MR) is 107 cm³/mol. The minimum Gasteiger partial charge on any atom is -0.486 e. The molecule has 10 heteroatoms. The normalized spacial score (nSPS) is 11.2. The lowest BCUT2D eigenvalue weighted by molar-refractivity contribution is -0.138. The van der Waals surface area contributed by atoms with Crippen LogP contribution < -0.4 is 10.1 Å². The Hall–Kier alpha value is -3.59. The topological polar surface area (TPSA) is 88.5 Å². The first-order valence-corrected chi connectivity index (χ1v) is 9.05. The highest BCUT2D eigenvalue weighted by atomic mass is 35.5. The van der Waals surface area contributed by atoms with E-state index >= 15 is 0 Å². The van der Waals surface area contributed by atoms with Gasteiger partial charge in [-0.25, -0.2) is 4.79 Å². The number of aliphatic carboxylic acids is 1. The van der Waals surface area contributed by atoms with E-state index in [4.69, 9.17) is 21.4 Å². The number of pyridine rings is 1. The Bertz CT molecular complexity index is 1180. The van der Waals surface area contributed by atoms with Gasteiger partial charge in [0.1, 0.15) is 18.1 Å². The number of fused-ring (bicyclic) bond motifs is 1. The third kappa shape index (κ3) is 4.95. The SMILES string of the molecule is C=C(NC(=O)c1cc(Cl)c2ccccc2c1OCc1ccc(C(F)(F)F)cn1)C(=O)O. The van der Waals surface area contributed by atoms with Gasteiger partial charge in [0.2, 0.25) is 0 Å². The van der Waals surface area contributed by atoms with Gasteiger partial charge in [0.15, 0.2) is 0 Å². The zero-order valence-electron chi connectivity index (χ0n) is 15.7. The van der Waals surface area contributed by atoms with Crippen LogP contribution in [0.2, 0.25) is 5.02 Å². The van der Waals surface area contributed by atoms with Crippen LogP contribution in [0.15, 0.2) is 60.9 Å². The molecule has 0 aliphatic carbocycles. The molecule has 0 atom stereocenters. The number of carbonyl (C=O) groups excluding carboxylic acids is 1. The molecule has 2 aromatic carbocycles. The van der Waals surface area contributed by atoms with Crippen molar-refractivity contribution in [3.05, 3.63) is 82.8 Å². The number of hydrogen-bond donors (Lipinski definition) is 2. The van der Waals surface area contributed by atoms with Crippen molar-refractivity contribution in [2.45, 2.75) is 12.8 Å². The van der Waals surface area contributed by atoms with Crippen LogP contribution in [-0.2, 0) is 17.6 Å². The van der Waals surface area contributed by atoms with E-state index in [0.717, 1.165) is 12.1 Å². The van der Waals surface area contributed by atoms with Crippen LogP contribution in [0.4, 0.5) is 13.2 Å². The number of carboxylic acid groups (broad SMARTS) is 1. The van der Waals surface area contributed by atoms with E-state index in [0.29, 0.717) is 17.0 Å². The molecule has 1 amide bonds. The quantitative estimate of drug-likeness (QED) is 0.526. The van der Waals surface area contributed by atoms with Crippen LogP contribution in [0.3, 0.4) is 0 Å². The number of hydrogen-bond acceptors (Lipinski definition) is 4. The largest absolute Gasteiger partial charge is 0.486 e. The zero-order valence-corrected chi connectivity index (χ0v) is 16.4. The van der Waals surface area contributed by atoms with Gasteiger partial charge in [-0.15, -0.1) is 0 Å². The molecule has 6 nitrogen and oxygen atoms in total. The molecule has 1 heterocycles. The van der Waals surface area contributed by atoms with E-state index in [1.54, 1.807) is 24.3 Å². The van der Waals surface area contributed by atoms with Crippen LogP contribution in [0.5, 0.6) is 5.75 Å². The van der Waals surface area contributed by atoms with E-state index < -0.39 is 29.3 Å². The number of carboxylic acids is 1. The van der Waals surface area contributed by atoms with Gasteiger partial charge in [-0.3, -0.25) is 9.78 Å². The Morgan fingerprint density at radius 3 is 2.42 bits per heavy atom. The lowest BCUT2D eigenvalue weighted by Gasteiger charge is -2.16. The minimum atomic E-state index is -4.52. The summed E-state index contributed by atoms with van der Waals surface area (Å²) in [5.74, 6) is -2.18. The average Bonchev–Trinajstić information content (AvgIpc) is 2.72. The third-order valence-electron chi connectivity index (χ3n) is 4.23. The van der Waals surface area contributed by atoms with E-state index in [9.17, 15) is 22.8 Å². The van der Waals surface area contributed by atoms with Crippen LogP contribution in [-0.4, -0.2) is 22.0 Å². The third-order valence-corrected chi connectivity index (χ3v) is 4.54. The lowest BCUT2D eigenvalue weighted by Crippen LogP contribution is -2.27. The van der Waals surface area contributed by atoms with Gasteiger partial charge in [-0.1, -0.05) is 42.4 Å². The number of nitrogens with zero attached hydrogens (tertiary/aromatic N) is 1. The second-order valence-corrected chi connectivity index (χ2v) is 6.75. The van der Waals surface area contributed by atoms with Crippen LogP contribution in [0.25, 0.3) is 10.8 Å². The smallest absolute Gasteiger partial charge is 0.417 e. The molecule has 0 unspecified atom stereocenters. The summed E-state index contributed by atoms with van der Waals surface area (Å²) in [5, 5.41) is 12.3. The van der Waals surface area contributed by atoms with Crippen molar-refractivity contribution < 1.29 is 32.6 Å². The molecule has 0 radical (unpaired) electrons. The Morgan fingerprint density at radius 1 is 1.16 bits per heavy atom. The molecule has 160 valence electrons. The number of carbonyl (C=O) groups is 2. The standard InChI is InChI=1S/C21H14ClF3N2O4/c1-11(20(29)30)27-19(28)16-8-17(22)14-4-2-3-5-15(14)18(16)31-10-13-7-6-12(9-26-13)21(23,24)25/h2-9H,1,10H2,(H,27,28)(H,29,30). The van der Waals surface area contributed by atoms with Crippen molar-refractivity contribution in [1.82, 2.24) is 10.3 Å². The monoisotopic (exact) mass is 450 g/mol. The van der Waals surface area contributed by atoms with Crippen molar-refractivity contribution >= 4 is 34.2 Å². The van der Waals surface area contributed by atoms with Gasteiger partial charge in [0.25, 0.3) is 5.91 Å². The Kier molecular flexibility index (Phi) is 6.16. The zero-order chi connectivity index (χ0) is 22.8. The number of rotatable bonds is 6. The maximum absolute atomic E-state index is 12.7. The minimum absolute atomic E-state index is 0.0670. The molecular formula is C21H14ClF3N2O4. The van der Waals surface area contributed by atoms with Gasteiger partial charge >= 0.3 is 12.1 Å².